The Labute approximate surface area is 77.6 Å². The van der Waals surface area contributed by atoms with Crippen LogP contribution in [0.5, 0.6) is 5.75 Å². The molecule has 14 heavy (non-hydrogen) atoms. The molecule has 0 saturated heterocycles. The average Bonchev–Trinajstić information content (AvgIpc) is 2.15. The number of carbonyl (C=O) groups is 1. The largest absolute Gasteiger partial charge is 0.547 e. The van der Waals surface area contributed by atoms with Gasteiger partial charge in [-0.1, -0.05) is 0 Å². The molecule has 1 N–H and O–H groups in total. The number of nitro groups is 1. The first kappa shape index (κ1) is 9.78. The van der Waals surface area contributed by atoms with Gasteiger partial charge < -0.3 is 5.11 Å². The average molecular weight is 199 g/mol. The molecular formula is C7H5NO6. The molecule has 0 saturated carbocycles. The number of hydrogen-bond donors (Lipinski definition) is 1. The third-order valence-electron chi connectivity index (χ3n) is 1.26. The smallest absolute Gasteiger partial charge is 0.447 e. The van der Waals surface area contributed by atoms with Crippen LogP contribution < -0.4 is 4.89 Å². The van der Waals surface area contributed by atoms with Crippen molar-refractivity contribution in [1.82, 2.24) is 0 Å². The van der Waals surface area contributed by atoms with Gasteiger partial charge in [-0.05, 0) is 12.1 Å². The van der Waals surface area contributed by atoms with Crippen LogP contribution in [0, 0.1) is 10.1 Å². The predicted octanol–water partition coefficient (Wildman–Crippen LogP) is 1.58. The van der Waals surface area contributed by atoms with Gasteiger partial charge in [0.2, 0.25) is 0 Å². The van der Waals surface area contributed by atoms with E-state index in [0.29, 0.717) is 0 Å². The van der Waals surface area contributed by atoms with Crippen molar-refractivity contribution in [3.63, 3.8) is 0 Å². The molecule has 0 fully saturated rings. The molecule has 0 aliphatic rings. The van der Waals surface area contributed by atoms with Crippen molar-refractivity contribution < 1.29 is 24.6 Å². The maximum Gasteiger partial charge on any atom is 0.547 e. The predicted molar refractivity (Wildman–Crippen MR) is 42.8 cm³/mol. The molecule has 0 aliphatic heterocycles. The lowest BCUT2D eigenvalue weighted by Gasteiger charge is -1.99. The van der Waals surface area contributed by atoms with Gasteiger partial charge in [0.15, 0.2) is 5.75 Å². The molecule has 0 bridgehead atoms. The highest BCUT2D eigenvalue weighted by Crippen LogP contribution is 2.17. The van der Waals surface area contributed by atoms with Crippen LogP contribution >= 0.6 is 0 Å². The van der Waals surface area contributed by atoms with Crippen LogP contribution in [0.2, 0.25) is 0 Å². The van der Waals surface area contributed by atoms with Gasteiger partial charge in [-0.15, -0.1) is 0 Å². The second-order valence-electron chi connectivity index (χ2n) is 2.18. The lowest BCUT2D eigenvalue weighted by Crippen LogP contribution is -2.03. The number of nitrogens with zero attached hydrogens (tertiary/aromatic N) is 1. The third-order valence-corrected chi connectivity index (χ3v) is 1.26. The van der Waals surface area contributed by atoms with Gasteiger partial charge in [0.05, 0.1) is 4.92 Å². The zero-order valence-electron chi connectivity index (χ0n) is 6.75. The minimum absolute atomic E-state index is 0.0676. The van der Waals surface area contributed by atoms with Gasteiger partial charge in [-0.3, -0.25) is 15.0 Å². The van der Waals surface area contributed by atoms with Crippen molar-refractivity contribution in [3.05, 3.63) is 34.4 Å². The summed E-state index contributed by atoms with van der Waals surface area (Å²) in [4.78, 5) is 27.6. The molecule has 0 heterocycles. The van der Waals surface area contributed by atoms with Crippen molar-refractivity contribution in [2.24, 2.45) is 0 Å². The molecular weight excluding hydrogens is 194 g/mol. The zero-order valence-corrected chi connectivity index (χ0v) is 6.75. The van der Waals surface area contributed by atoms with E-state index < -0.39 is 11.1 Å². The Morgan fingerprint density at radius 2 is 1.93 bits per heavy atom. The standard InChI is InChI=1S/C7H5NO6/c9-7(10)14-13-6-3-1-5(2-4-6)8(11)12/h1-4H,(H,9,10). The Morgan fingerprint density at radius 3 is 2.36 bits per heavy atom. The second kappa shape index (κ2) is 4.08. The Kier molecular flexibility index (Phi) is 2.85. The van der Waals surface area contributed by atoms with Crippen LogP contribution in [0.4, 0.5) is 10.5 Å². The number of rotatable bonds is 3. The van der Waals surface area contributed by atoms with Crippen molar-refractivity contribution in [1.29, 1.82) is 0 Å². The maximum atomic E-state index is 10.2. The molecule has 7 nitrogen and oxygen atoms in total. The second-order valence-corrected chi connectivity index (χ2v) is 2.18. The van der Waals surface area contributed by atoms with Gasteiger partial charge in [0.25, 0.3) is 5.69 Å². The van der Waals surface area contributed by atoms with E-state index in [4.69, 9.17) is 5.11 Å². The fraction of sp³-hybridized carbons (Fsp3) is 0. The summed E-state index contributed by atoms with van der Waals surface area (Å²) in [7, 11) is 0. The molecule has 0 spiro atoms. The van der Waals surface area contributed by atoms with E-state index in [9.17, 15) is 14.9 Å². The molecule has 1 rings (SSSR count). The summed E-state index contributed by atoms with van der Waals surface area (Å²) < 4.78 is 0. The minimum Gasteiger partial charge on any atom is -0.447 e. The van der Waals surface area contributed by atoms with Crippen LogP contribution in [0.15, 0.2) is 24.3 Å². The SMILES string of the molecule is O=C(O)OOc1ccc([N+](=O)[O-])cc1. The maximum absolute atomic E-state index is 10.2. The fourth-order valence-corrected chi connectivity index (χ4v) is 0.707. The summed E-state index contributed by atoms with van der Waals surface area (Å²) >= 11 is 0. The van der Waals surface area contributed by atoms with Crippen molar-refractivity contribution in [2.45, 2.75) is 0 Å². The summed E-state index contributed by atoms with van der Waals surface area (Å²) in [5.41, 5.74) is -0.118. The van der Waals surface area contributed by atoms with Gasteiger partial charge in [-0.25, -0.2) is 9.68 Å². The summed E-state index contributed by atoms with van der Waals surface area (Å²) in [6, 6.07) is 4.78. The Hall–Kier alpha value is -2.31. The molecule has 0 radical (unpaired) electrons. The zero-order chi connectivity index (χ0) is 10.6. The highest BCUT2D eigenvalue weighted by molar-refractivity contribution is 5.56. The number of benzene rings is 1. The quantitative estimate of drug-likeness (QED) is 0.450. The van der Waals surface area contributed by atoms with Gasteiger partial charge >= 0.3 is 6.16 Å². The monoisotopic (exact) mass is 199 g/mol. The van der Waals surface area contributed by atoms with Gasteiger partial charge in [-0.2, -0.15) is 0 Å². The Balaban J connectivity index is 2.64. The van der Waals surface area contributed by atoms with Crippen molar-refractivity contribution in [3.8, 4) is 5.75 Å². The molecule has 0 amide bonds. The molecule has 0 aromatic heterocycles. The summed E-state index contributed by atoms with van der Waals surface area (Å²) in [6.07, 6.45) is -1.59. The van der Waals surface area contributed by atoms with Gasteiger partial charge in [0, 0.05) is 12.1 Å². The fourth-order valence-electron chi connectivity index (χ4n) is 0.707. The van der Waals surface area contributed by atoms with E-state index in [0.717, 1.165) is 0 Å². The first-order chi connectivity index (χ1) is 6.59. The topological polar surface area (TPSA) is 98.9 Å². The van der Waals surface area contributed by atoms with Crippen molar-refractivity contribution in [2.75, 3.05) is 0 Å². The number of non-ortho nitro benzene ring substituents is 1. The molecule has 0 unspecified atom stereocenters. The first-order valence-electron chi connectivity index (χ1n) is 3.41. The van der Waals surface area contributed by atoms with Crippen LogP contribution in [-0.4, -0.2) is 16.2 Å². The number of nitro benzene ring substituents is 1. The molecule has 1 aromatic rings. The van der Waals surface area contributed by atoms with E-state index in [1.807, 2.05) is 0 Å². The third kappa shape index (κ3) is 2.63. The number of hydrogen-bond acceptors (Lipinski definition) is 5. The van der Waals surface area contributed by atoms with E-state index in [1.54, 1.807) is 0 Å². The van der Waals surface area contributed by atoms with Crippen LogP contribution in [0.3, 0.4) is 0 Å². The summed E-state index contributed by atoms with van der Waals surface area (Å²) in [5.74, 6) is 0.0676. The molecule has 0 aliphatic carbocycles. The Morgan fingerprint density at radius 1 is 1.36 bits per heavy atom. The van der Waals surface area contributed by atoms with Crippen LogP contribution in [-0.2, 0) is 4.89 Å². The van der Waals surface area contributed by atoms with E-state index in [2.05, 4.69) is 9.78 Å². The first-order valence-corrected chi connectivity index (χ1v) is 3.41. The van der Waals surface area contributed by atoms with E-state index >= 15 is 0 Å². The molecule has 74 valence electrons. The number of carboxylic acid groups (broad SMARTS) is 1. The Bertz CT molecular complexity index is 346. The molecule has 1 aromatic carbocycles. The summed E-state index contributed by atoms with van der Waals surface area (Å²) in [5, 5.41) is 18.3. The van der Waals surface area contributed by atoms with Crippen molar-refractivity contribution >= 4 is 11.8 Å². The summed E-state index contributed by atoms with van der Waals surface area (Å²) in [6.45, 7) is 0. The minimum atomic E-state index is -1.59. The van der Waals surface area contributed by atoms with E-state index in [1.165, 1.54) is 24.3 Å². The highest BCUT2D eigenvalue weighted by atomic mass is 17.2. The molecule has 7 heteroatoms. The van der Waals surface area contributed by atoms with E-state index in [-0.39, 0.29) is 11.4 Å². The highest BCUT2D eigenvalue weighted by Gasteiger charge is 2.06. The van der Waals surface area contributed by atoms with Crippen LogP contribution in [0.1, 0.15) is 0 Å². The lowest BCUT2D eigenvalue weighted by molar-refractivity contribution is -0.384. The lowest BCUT2D eigenvalue weighted by atomic mass is 10.3. The van der Waals surface area contributed by atoms with Crippen LogP contribution in [0.25, 0.3) is 0 Å². The normalized spacial score (nSPS) is 9.14. The van der Waals surface area contributed by atoms with Gasteiger partial charge in [0.1, 0.15) is 0 Å². The molecule has 0 atom stereocenters.